The van der Waals surface area contributed by atoms with Gasteiger partial charge in [0.05, 0.1) is 0 Å². The first-order chi connectivity index (χ1) is 10.3. The molecule has 0 amide bonds. The quantitative estimate of drug-likeness (QED) is 0.768. The van der Waals surface area contributed by atoms with Gasteiger partial charge in [0.1, 0.15) is 11.5 Å². The molecule has 22 heavy (non-hydrogen) atoms. The highest BCUT2D eigenvalue weighted by Crippen LogP contribution is 2.62. The summed E-state index contributed by atoms with van der Waals surface area (Å²) in [5.41, 5.74) is 2.19. The van der Waals surface area contributed by atoms with E-state index in [-0.39, 0.29) is 10.8 Å². The molecule has 3 aliphatic rings. The summed E-state index contributed by atoms with van der Waals surface area (Å²) < 4.78 is 0. The third kappa shape index (κ3) is 1.70. The van der Waals surface area contributed by atoms with Crippen molar-refractivity contribution in [3.63, 3.8) is 0 Å². The zero-order chi connectivity index (χ0) is 15.7. The third-order valence-electron chi connectivity index (χ3n) is 7.07. The highest BCUT2D eigenvalue weighted by Gasteiger charge is 2.58. The molecule has 118 valence electrons. The Labute approximate surface area is 132 Å². The molecule has 2 fully saturated rings. The molecular formula is C20H26O2. The molecule has 1 aromatic carbocycles. The number of fused-ring (bicyclic) bond motifs is 5. The molecule has 0 saturated heterocycles. The second kappa shape index (κ2) is 4.37. The molecule has 2 nitrogen and oxygen atoms in total. The van der Waals surface area contributed by atoms with Crippen LogP contribution < -0.4 is 0 Å². The van der Waals surface area contributed by atoms with Gasteiger partial charge in [-0.3, -0.25) is 4.79 Å². The van der Waals surface area contributed by atoms with Gasteiger partial charge in [0.2, 0.25) is 0 Å². The van der Waals surface area contributed by atoms with E-state index >= 15 is 0 Å². The lowest BCUT2D eigenvalue weighted by atomic mass is 9.49. The number of hydrogen-bond donors (Lipinski definition) is 1. The second-order valence-corrected chi connectivity index (χ2v) is 8.63. The third-order valence-corrected chi connectivity index (χ3v) is 7.07. The van der Waals surface area contributed by atoms with Gasteiger partial charge in [-0.25, -0.2) is 0 Å². The topological polar surface area (TPSA) is 37.3 Å². The van der Waals surface area contributed by atoms with Crippen molar-refractivity contribution in [3.05, 3.63) is 29.3 Å². The number of hydrogen-bond acceptors (Lipinski definition) is 2. The molecular weight excluding hydrogens is 272 g/mol. The number of aromatic hydroxyl groups is 1. The number of rotatable bonds is 0. The van der Waals surface area contributed by atoms with Crippen molar-refractivity contribution in [3.8, 4) is 5.75 Å². The summed E-state index contributed by atoms with van der Waals surface area (Å²) in [4.78, 5) is 13.1. The molecule has 0 heterocycles. The van der Waals surface area contributed by atoms with E-state index < -0.39 is 0 Å². The van der Waals surface area contributed by atoms with Crippen molar-refractivity contribution in [2.24, 2.45) is 22.7 Å². The monoisotopic (exact) mass is 298 g/mol. The first-order valence-electron chi connectivity index (χ1n) is 8.70. The van der Waals surface area contributed by atoms with E-state index in [1.54, 1.807) is 0 Å². The van der Waals surface area contributed by atoms with Crippen LogP contribution in [0.15, 0.2) is 18.2 Å². The minimum absolute atomic E-state index is 0.152. The van der Waals surface area contributed by atoms with E-state index in [2.05, 4.69) is 26.8 Å². The fourth-order valence-electron chi connectivity index (χ4n) is 5.89. The number of carbonyl (C=O) groups is 1. The van der Waals surface area contributed by atoms with Gasteiger partial charge in [-0.1, -0.05) is 32.9 Å². The van der Waals surface area contributed by atoms with Crippen molar-refractivity contribution < 1.29 is 9.90 Å². The maximum absolute atomic E-state index is 13.1. The Bertz CT molecular complexity index is 645. The first kappa shape index (κ1) is 14.3. The largest absolute Gasteiger partial charge is 0.508 e. The Balaban J connectivity index is 1.73. The minimum atomic E-state index is -0.161. The lowest BCUT2D eigenvalue weighted by molar-refractivity contribution is -0.151. The van der Waals surface area contributed by atoms with Crippen LogP contribution in [-0.2, 0) is 11.2 Å². The van der Waals surface area contributed by atoms with E-state index in [1.165, 1.54) is 5.56 Å². The van der Waals surface area contributed by atoms with E-state index in [4.69, 9.17) is 0 Å². The number of Topliss-reactive ketones (excluding diaryl/α,β-unsaturated/α-hetero) is 1. The summed E-state index contributed by atoms with van der Waals surface area (Å²) >= 11 is 0. The van der Waals surface area contributed by atoms with Crippen molar-refractivity contribution in [1.82, 2.24) is 0 Å². The summed E-state index contributed by atoms with van der Waals surface area (Å²) in [6.45, 7) is 6.47. The smallest absolute Gasteiger partial charge is 0.144 e. The van der Waals surface area contributed by atoms with Crippen LogP contribution in [0.1, 0.15) is 63.5 Å². The fourth-order valence-corrected chi connectivity index (χ4v) is 5.89. The van der Waals surface area contributed by atoms with E-state index in [0.29, 0.717) is 29.3 Å². The van der Waals surface area contributed by atoms with E-state index in [1.807, 2.05) is 12.1 Å². The van der Waals surface area contributed by atoms with E-state index in [0.717, 1.165) is 37.7 Å². The Morgan fingerprint density at radius 2 is 1.91 bits per heavy atom. The van der Waals surface area contributed by atoms with Gasteiger partial charge in [-0.05, 0) is 67.1 Å². The summed E-state index contributed by atoms with van der Waals surface area (Å²) in [5, 5.41) is 10.2. The molecule has 0 bridgehead atoms. The number of carbonyl (C=O) groups excluding carboxylic acids is 1. The van der Waals surface area contributed by atoms with Crippen LogP contribution in [0.25, 0.3) is 0 Å². The zero-order valence-corrected chi connectivity index (χ0v) is 13.9. The van der Waals surface area contributed by atoms with Gasteiger partial charge in [0, 0.05) is 10.8 Å². The molecule has 0 aliphatic heterocycles. The molecule has 0 radical (unpaired) electrons. The van der Waals surface area contributed by atoms with Gasteiger partial charge in [-0.2, -0.15) is 0 Å². The molecule has 0 aromatic heterocycles. The second-order valence-electron chi connectivity index (χ2n) is 8.63. The van der Waals surface area contributed by atoms with Gasteiger partial charge in [0.25, 0.3) is 0 Å². The van der Waals surface area contributed by atoms with E-state index in [9.17, 15) is 9.90 Å². The van der Waals surface area contributed by atoms with Crippen molar-refractivity contribution in [2.75, 3.05) is 0 Å². The Kier molecular flexibility index (Phi) is 2.84. The standard InChI is InChI=1S/C20H26O2/c1-19(2)9-8-16-14-11-15-12(5-4-6-17(15)21)13(14)7-10-20(16,3)18(19)22/h4-6,13-14,16,21H,7-11H2,1-3H3/t13-,14+,16+,20+/m1/s1. The van der Waals surface area contributed by atoms with Crippen LogP contribution in [0.2, 0.25) is 0 Å². The SMILES string of the molecule is CC1(C)CC[C@H]2[C@H]3Cc4c(O)cccc4[C@H]3CC[C@]2(C)C1=O. The van der Waals surface area contributed by atoms with Gasteiger partial charge >= 0.3 is 0 Å². The van der Waals surface area contributed by atoms with Crippen LogP contribution in [0.3, 0.4) is 0 Å². The maximum atomic E-state index is 13.1. The highest BCUT2D eigenvalue weighted by molar-refractivity contribution is 5.90. The van der Waals surface area contributed by atoms with Crippen LogP contribution in [0, 0.1) is 22.7 Å². The van der Waals surface area contributed by atoms with Gasteiger partial charge in [-0.15, -0.1) is 0 Å². The highest BCUT2D eigenvalue weighted by atomic mass is 16.3. The van der Waals surface area contributed by atoms with Crippen LogP contribution in [-0.4, -0.2) is 10.9 Å². The van der Waals surface area contributed by atoms with Crippen LogP contribution in [0.4, 0.5) is 0 Å². The fraction of sp³-hybridized carbons (Fsp3) is 0.650. The number of phenols is 1. The van der Waals surface area contributed by atoms with Crippen molar-refractivity contribution in [1.29, 1.82) is 0 Å². The first-order valence-corrected chi connectivity index (χ1v) is 8.70. The summed E-state index contributed by atoms with van der Waals surface area (Å²) in [7, 11) is 0. The lowest BCUT2D eigenvalue weighted by Gasteiger charge is -2.53. The normalized spacial score (nSPS) is 39.0. The molecule has 2 heteroatoms. The lowest BCUT2D eigenvalue weighted by Crippen LogP contribution is -2.53. The van der Waals surface area contributed by atoms with Crippen molar-refractivity contribution >= 4 is 5.78 Å². The average molecular weight is 298 g/mol. The van der Waals surface area contributed by atoms with Crippen LogP contribution in [0.5, 0.6) is 5.75 Å². The molecule has 1 N–H and O–H groups in total. The molecule has 2 saturated carbocycles. The molecule has 0 spiro atoms. The summed E-state index contributed by atoms with van der Waals surface area (Å²) in [6.07, 6.45) is 5.23. The van der Waals surface area contributed by atoms with Crippen LogP contribution >= 0.6 is 0 Å². The number of benzene rings is 1. The Morgan fingerprint density at radius 3 is 2.68 bits per heavy atom. The molecule has 4 atom stereocenters. The predicted molar refractivity (Wildman–Crippen MR) is 86.9 cm³/mol. The number of phenolic OH excluding ortho intramolecular Hbond substituents is 1. The Hall–Kier alpha value is -1.31. The molecule has 0 unspecified atom stereocenters. The predicted octanol–water partition coefficient (Wildman–Crippen LogP) is 4.45. The van der Waals surface area contributed by atoms with Crippen molar-refractivity contribution in [2.45, 2.75) is 58.8 Å². The Morgan fingerprint density at radius 1 is 1.14 bits per heavy atom. The van der Waals surface area contributed by atoms with Gasteiger partial charge < -0.3 is 5.11 Å². The zero-order valence-electron chi connectivity index (χ0n) is 13.9. The maximum Gasteiger partial charge on any atom is 0.144 e. The minimum Gasteiger partial charge on any atom is -0.508 e. The average Bonchev–Trinajstić information content (AvgIpc) is 2.84. The summed E-state index contributed by atoms with van der Waals surface area (Å²) in [6, 6.07) is 5.97. The number of ketones is 1. The summed E-state index contributed by atoms with van der Waals surface area (Å²) in [5.74, 6) is 2.51. The molecule has 1 aromatic rings. The molecule has 3 aliphatic carbocycles. The van der Waals surface area contributed by atoms with Gasteiger partial charge in [0.15, 0.2) is 0 Å². The molecule has 4 rings (SSSR count).